The van der Waals surface area contributed by atoms with Crippen molar-refractivity contribution >= 4 is 23.6 Å². The van der Waals surface area contributed by atoms with Gasteiger partial charge in [-0.25, -0.2) is 0 Å². The number of rotatable bonds is 13. The Morgan fingerprint density at radius 2 is 0.850 bits per heavy atom. The van der Waals surface area contributed by atoms with Crippen molar-refractivity contribution in [1.82, 2.24) is 0 Å². The predicted octanol–water partition coefficient (Wildman–Crippen LogP) is 8.52. The Hall–Kier alpha value is -2.64. The number of unbranched alkanes of at least 4 members (excludes halogenated alkanes) is 1. The molecule has 0 fully saturated rings. The number of hydrogen-bond acceptors (Lipinski definition) is 0. The molecule has 0 aliphatic heterocycles. The van der Waals surface area contributed by atoms with Crippen LogP contribution in [0.25, 0.3) is 0 Å². The first kappa shape index (κ1) is 30.3. The molecule has 1 heteroatoms. The Labute approximate surface area is 246 Å². The molecule has 0 nitrogen and oxygen atoms in total. The Morgan fingerprint density at radius 1 is 0.500 bits per heavy atom. The van der Waals surface area contributed by atoms with Crippen LogP contribution in [0, 0.1) is 0 Å². The minimum atomic E-state index is -2.57. The number of benzene rings is 3. The van der Waals surface area contributed by atoms with Crippen molar-refractivity contribution in [2.45, 2.75) is 113 Å². The highest BCUT2D eigenvalue weighted by molar-refractivity contribution is 7.16. The quantitative estimate of drug-likeness (QED) is 0.148. The molecule has 0 saturated heterocycles. The molecular formula is C39H52Si. The molecular weight excluding hydrogens is 497 g/mol. The molecule has 0 aromatic heterocycles. The summed E-state index contributed by atoms with van der Waals surface area (Å²) >= 11 is 0. The molecule has 4 rings (SSSR count). The first-order valence-corrected chi connectivity index (χ1v) is 18.3. The normalized spacial score (nSPS) is 13.5. The second-order valence-electron chi connectivity index (χ2n) is 11.7. The second kappa shape index (κ2) is 13.8. The molecule has 0 radical (unpaired) electrons. The molecule has 1 aliphatic rings. The minimum absolute atomic E-state index is 1.08. The van der Waals surface area contributed by atoms with Crippen molar-refractivity contribution < 1.29 is 0 Å². The monoisotopic (exact) mass is 548 g/mol. The highest BCUT2D eigenvalue weighted by atomic mass is 28.3. The molecule has 0 unspecified atom stereocenters. The van der Waals surface area contributed by atoms with E-state index in [0.29, 0.717) is 0 Å². The second-order valence-corrected chi connectivity index (χ2v) is 15.5. The van der Waals surface area contributed by atoms with Crippen LogP contribution >= 0.6 is 0 Å². The van der Waals surface area contributed by atoms with Gasteiger partial charge in [-0.3, -0.25) is 0 Å². The summed E-state index contributed by atoms with van der Waals surface area (Å²) in [5.41, 5.74) is 10.5. The molecule has 0 atom stereocenters. The largest absolute Gasteiger partial charge is 0.176 e. The zero-order valence-corrected chi connectivity index (χ0v) is 27.4. The first-order chi connectivity index (χ1) is 19.5. The van der Waals surface area contributed by atoms with Crippen LogP contribution in [0.5, 0.6) is 0 Å². The van der Waals surface area contributed by atoms with E-state index in [1.807, 2.05) is 0 Å². The van der Waals surface area contributed by atoms with Gasteiger partial charge in [0.05, 0.1) is 0 Å². The summed E-state index contributed by atoms with van der Waals surface area (Å²) in [5.74, 6) is 0. The van der Waals surface area contributed by atoms with Gasteiger partial charge >= 0.3 is 0 Å². The summed E-state index contributed by atoms with van der Waals surface area (Å²) in [5, 5.41) is 6.54. The van der Waals surface area contributed by atoms with Crippen LogP contribution in [-0.2, 0) is 38.5 Å². The fraction of sp³-hybridized carbons (Fsp3) is 0.436. The third kappa shape index (κ3) is 6.01. The SMILES string of the molecule is CCCCC1=C([Si](c2cc(CC)cc(CC)c2)(c2cc(CC)cc(CC)c2)c2cc(CC)cc(CC)c2)CC=C1. The van der Waals surface area contributed by atoms with Crippen LogP contribution in [0.1, 0.15) is 108 Å². The third-order valence-electron chi connectivity index (χ3n) is 9.19. The van der Waals surface area contributed by atoms with Crippen LogP contribution in [0.2, 0.25) is 0 Å². The predicted molar refractivity (Wildman–Crippen MR) is 181 cm³/mol. The Balaban J connectivity index is 2.25. The van der Waals surface area contributed by atoms with E-state index < -0.39 is 8.07 Å². The fourth-order valence-corrected chi connectivity index (χ4v) is 12.3. The van der Waals surface area contributed by atoms with Gasteiger partial charge in [0.15, 0.2) is 8.07 Å². The van der Waals surface area contributed by atoms with Crippen LogP contribution in [0.3, 0.4) is 0 Å². The van der Waals surface area contributed by atoms with Crippen molar-refractivity contribution in [2.24, 2.45) is 0 Å². The number of aryl methyl sites for hydroxylation is 6. The van der Waals surface area contributed by atoms with E-state index >= 15 is 0 Å². The highest BCUT2D eigenvalue weighted by Gasteiger charge is 2.45. The van der Waals surface area contributed by atoms with Crippen LogP contribution in [-0.4, -0.2) is 8.07 Å². The average Bonchev–Trinajstić information content (AvgIpc) is 3.48. The van der Waals surface area contributed by atoms with E-state index in [4.69, 9.17) is 0 Å². The summed E-state index contributed by atoms with van der Waals surface area (Å²) in [7, 11) is -2.57. The standard InChI is InChI=1S/C39H52Si/c1-8-15-17-35-18-16-19-39(35)40(36-23-29(9-2)20-30(10-3)24-36,37-25-31(11-4)21-32(12-5)26-37)38-27-33(13-6)22-34(14-7)28-38/h16,18,20-28H,8-15,17,19H2,1-7H3. The minimum Gasteiger partial charge on any atom is -0.0805 e. The van der Waals surface area contributed by atoms with Gasteiger partial charge in [0.2, 0.25) is 0 Å². The van der Waals surface area contributed by atoms with Crippen molar-refractivity contribution in [3.8, 4) is 0 Å². The molecule has 0 amide bonds. The van der Waals surface area contributed by atoms with E-state index in [-0.39, 0.29) is 0 Å². The molecule has 212 valence electrons. The fourth-order valence-electron chi connectivity index (χ4n) is 6.73. The van der Waals surface area contributed by atoms with Crippen molar-refractivity contribution in [1.29, 1.82) is 0 Å². The molecule has 40 heavy (non-hydrogen) atoms. The van der Waals surface area contributed by atoms with Gasteiger partial charge in [0.1, 0.15) is 0 Å². The van der Waals surface area contributed by atoms with Crippen molar-refractivity contribution in [2.75, 3.05) is 0 Å². The van der Waals surface area contributed by atoms with Gasteiger partial charge < -0.3 is 0 Å². The lowest BCUT2D eigenvalue weighted by Gasteiger charge is -2.38. The number of allylic oxidation sites excluding steroid dienone is 4. The summed E-state index contributed by atoms with van der Waals surface area (Å²) < 4.78 is 0. The molecule has 0 saturated carbocycles. The van der Waals surface area contributed by atoms with Crippen LogP contribution in [0.4, 0.5) is 0 Å². The third-order valence-corrected chi connectivity index (χ3v) is 14.1. The molecule has 3 aromatic carbocycles. The maximum absolute atomic E-state index is 2.61. The van der Waals surface area contributed by atoms with Crippen molar-refractivity contribution in [3.63, 3.8) is 0 Å². The lowest BCUT2D eigenvalue weighted by atomic mass is 10.1. The van der Waals surface area contributed by atoms with E-state index in [1.54, 1.807) is 26.3 Å². The smallest absolute Gasteiger partial charge is 0.0805 e. The van der Waals surface area contributed by atoms with Crippen molar-refractivity contribution in [3.05, 3.63) is 111 Å². The molecule has 1 aliphatic carbocycles. The van der Waals surface area contributed by atoms with E-state index in [1.165, 1.54) is 52.6 Å². The molecule has 3 aromatic rings. The average molecular weight is 549 g/mol. The highest BCUT2D eigenvalue weighted by Crippen LogP contribution is 2.33. The summed E-state index contributed by atoms with van der Waals surface area (Å²) in [4.78, 5) is 0. The van der Waals surface area contributed by atoms with Gasteiger partial charge in [-0.1, -0.05) is 132 Å². The van der Waals surface area contributed by atoms with Gasteiger partial charge in [0.25, 0.3) is 0 Å². The summed E-state index contributed by atoms with van der Waals surface area (Å²) in [6, 6.07) is 23.1. The molecule has 0 spiro atoms. The van der Waals surface area contributed by atoms with E-state index in [2.05, 4.69) is 115 Å². The molecule has 0 bridgehead atoms. The summed E-state index contributed by atoms with van der Waals surface area (Å²) in [6.07, 6.45) is 16.2. The van der Waals surface area contributed by atoms with Gasteiger partial charge in [-0.2, -0.15) is 0 Å². The maximum Gasteiger partial charge on any atom is 0.176 e. The molecule has 0 heterocycles. The van der Waals surface area contributed by atoms with Crippen LogP contribution in [0.15, 0.2) is 77.5 Å². The zero-order valence-electron chi connectivity index (χ0n) is 26.4. The molecule has 0 N–H and O–H groups in total. The Kier molecular flexibility index (Phi) is 10.5. The van der Waals surface area contributed by atoms with Gasteiger partial charge in [-0.05, 0) is 107 Å². The van der Waals surface area contributed by atoms with E-state index in [9.17, 15) is 0 Å². The first-order valence-electron chi connectivity index (χ1n) is 16.3. The Morgan fingerprint density at radius 3 is 1.15 bits per heavy atom. The lowest BCUT2D eigenvalue weighted by Crippen LogP contribution is -2.69. The van der Waals surface area contributed by atoms with Gasteiger partial charge in [-0.15, -0.1) is 0 Å². The topological polar surface area (TPSA) is 0 Å². The summed E-state index contributed by atoms with van der Waals surface area (Å²) in [6.45, 7) is 16.3. The van der Waals surface area contributed by atoms with E-state index in [0.717, 1.165) is 44.9 Å². The zero-order chi connectivity index (χ0) is 28.7. The van der Waals surface area contributed by atoms with Crippen LogP contribution < -0.4 is 15.6 Å². The lowest BCUT2D eigenvalue weighted by molar-refractivity contribution is 0.797. The number of hydrogen-bond donors (Lipinski definition) is 0. The Bertz CT molecular complexity index is 1170. The maximum atomic E-state index is 2.61. The van der Waals surface area contributed by atoms with Gasteiger partial charge in [0, 0.05) is 0 Å².